The molecule has 10 atom stereocenters. The summed E-state index contributed by atoms with van der Waals surface area (Å²) in [4.78, 5) is 34.4. The minimum atomic E-state index is -4.44. The number of imidazole rings is 2. The van der Waals surface area contributed by atoms with Gasteiger partial charge in [0.05, 0.1) is 25.9 Å². The second kappa shape index (κ2) is 11.2. The Morgan fingerprint density at radius 1 is 0.844 bits per heavy atom. The summed E-state index contributed by atoms with van der Waals surface area (Å²) in [5.74, 6) is -0.231. The number of aromatic nitrogens is 8. The van der Waals surface area contributed by atoms with Crippen molar-refractivity contribution in [2.75, 3.05) is 24.7 Å². The zero-order valence-electron chi connectivity index (χ0n) is 22.3. The van der Waals surface area contributed by atoms with Crippen LogP contribution in [0, 0.1) is 0 Å². The number of alkyl halides is 2. The van der Waals surface area contributed by atoms with Crippen LogP contribution in [0.1, 0.15) is 12.5 Å². The molecule has 19 nitrogen and oxygen atoms in total. The topological polar surface area (TPSA) is 249 Å². The van der Waals surface area contributed by atoms with Crippen LogP contribution < -0.4 is 17.0 Å². The Labute approximate surface area is 259 Å². The van der Waals surface area contributed by atoms with Crippen molar-refractivity contribution in [2.45, 2.75) is 49.2 Å². The molecule has 4 aromatic heterocycles. The molecular formula is C20H22F2N10O9P2S2. The zero-order valence-corrected chi connectivity index (χ0v) is 25.8. The molecule has 7 rings (SSSR count). The number of rotatable bonds is 2. The number of H-pyrrole nitrogens is 1. The fraction of sp³-hybridized carbons (Fsp3) is 0.500. The summed E-state index contributed by atoms with van der Waals surface area (Å²) in [6.07, 6.45) is -9.92. The minimum Gasteiger partial charge on any atom is -0.382 e. The average Bonchev–Trinajstić information content (AvgIpc) is 3.72. The fourth-order valence-electron chi connectivity index (χ4n) is 5.25. The maximum atomic E-state index is 16.0. The number of ether oxygens (including phenoxy) is 2. The van der Waals surface area contributed by atoms with Gasteiger partial charge in [0, 0.05) is 0 Å². The van der Waals surface area contributed by atoms with Crippen molar-refractivity contribution in [1.82, 2.24) is 39.0 Å². The van der Waals surface area contributed by atoms with Crippen molar-refractivity contribution >= 4 is 72.2 Å². The Morgan fingerprint density at radius 2 is 1.38 bits per heavy atom. The van der Waals surface area contributed by atoms with Gasteiger partial charge in [-0.25, -0.2) is 37.8 Å². The van der Waals surface area contributed by atoms with Crippen LogP contribution in [0.3, 0.4) is 0 Å². The molecule has 1 unspecified atom stereocenters. The summed E-state index contributed by atoms with van der Waals surface area (Å²) in [6.45, 7) is -10.3. The van der Waals surface area contributed by atoms with E-state index < -0.39 is 81.6 Å². The number of hydrogen-bond acceptors (Lipinski definition) is 16. The number of thiol groups is 2. The molecule has 25 heteroatoms. The lowest BCUT2D eigenvalue weighted by Crippen LogP contribution is -2.36. The summed E-state index contributed by atoms with van der Waals surface area (Å²) >= 11 is 7.94. The van der Waals surface area contributed by atoms with E-state index >= 15 is 8.78 Å². The maximum absolute atomic E-state index is 16.0. The van der Waals surface area contributed by atoms with Gasteiger partial charge < -0.3 is 20.9 Å². The summed E-state index contributed by atoms with van der Waals surface area (Å²) < 4.78 is 94.2. The Kier molecular flexibility index (Phi) is 7.70. The minimum absolute atomic E-state index is 0.0381. The molecule has 3 fully saturated rings. The quantitative estimate of drug-likeness (QED) is 0.146. The highest BCUT2D eigenvalue weighted by Crippen LogP contribution is 2.60. The first-order chi connectivity index (χ1) is 21.3. The van der Waals surface area contributed by atoms with Crippen molar-refractivity contribution < 1.29 is 45.5 Å². The van der Waals surface area contributed by atoms with Crippen LogP contribution in [0.2, 0.25) is 0 Å². The summed E-state index contributed by atoms with van der Waals surface area (Å²) in [5.41, 5.74) is 10.8. The molecule has 4 aromatic rings. The number of anilines is 2. The van der Waals surface area contributed by atoms with Crippen molar-refractivity contribution in [3.8, 4) is 0 Å². The molecule has 0 spiro atoms. The molecule has 242 valence electrons. The Bertz CT molecular complexity index is 1950. The van der Waals surface area contributed by atoms with Gasteiger partial charge in [-0.3, -0.25) is 37.0 Å². The predicted molar refractivity (Wildman–Crippen MR) is 155 cm³/mol. The van der Waals surface area contributed by atoms with Gasteiger partial charge in [-0.1, -0.05) is 24.5 Å². The summed E-state index contributed by atoms with van der Waals surface area (Å²) in [5, 5.41) is 0. The van der Waals surface area contributed by atoms with Gasteiger partial charge in [-0.05, 0) is 0 Å². The highest BCUT2D eigenvalue weighted by molar-refractivity contribution is 8.44. The number of halogens is 2. The van der Waals surface area contributed by atoms with E-state index in [2.05, 4.69) is 54.4 Å². The number of aromatic amines is 1. The third-order valence-corrected chi connectivity index (χ3v) is 10.5. The van der Waals surface area contributed by atoms with Crippen LogP contribution in [0.25, 0.3) is 22.3 Å². The van der Waals surface area contributed by atoms with Crippen LogP contribution in [-0.4, -0.2) is 89.0 Å². The third-order valence-electron chi connectivity index (χ3n) is 7.23. The number of nitrogens with one attached hydrogen (secondary N) is 1. The van der Waals surface area contributed by atoms with Gasteiger partial charge in [0.1, 0.15) is 36.3 Å². The monoisotopic (exact) mass is 710 g/mol. The number of hydrogen-bond donors (Lipinski definition) is 5. The smallest absolute Gasteiger partial charge is 0.382 e. The van der Waals surface area contributed by atoms with Crippen molar-refractivity contribution in [3.05, 3.63) is 29.3 Å². The third kappa shape index (κ3) is 5.53. The Balaban J connectivity index is 1.17. The molecular weight excluding hydrogens is 688 g/mol. The molecule has 3 saturated heterocycles. The first-order valence-electron chi connectivity index (χ1n) is 12.9. The molecule has 0 aromatic carbocycles. The van der Waals surface area contributed by atoms with Crippen molar-refractivity contribution in [2.24, 2.45) is 0 Å². The average molecular weight is 711 g/mol. The number of nitrogens with two attached hydrogens (primary N) is 2. The van der Waals surface area contributed by atoms with Crippen molar-refractivity contribution in [3.63, 3.8) is 0 Å². The van der Waals surface area contributed by atoms with Gasteiger partial charge in [-0.15, -0.1) is 0 Å². The Hall–Kier alpha value is -2.72. The van der Waals surface area contributed by atoms with Gasteiger partial charge >= 0.3 is 13.6 Å². The van der Waals surface area contributed by atoms with Gasteiger partial charge in [0.25, 0.3) is 5.56 Å². The second-order valence-electron chi connectivity index (χ2n) is 10.0. The van der Waals surface area contributed by atoms with E-state index in [9.17, 15) is 13.9 Å². The van der Waals surface area contributed by atoms with E-state index in [0.29, 0.717) is 0 Å². The lowest BCUT2D eigenvalue weighted by molar-refractivity contribution is -0.0544. The number of fused-ring (bicyclic) bond motifs is 4. The lowest BCUT2D eigenvalue weighted by Gasteiger charge is -2.28. The first kappa shape index (κ1) is 30.9. The molecule has 0 aliphatic carbocycles. The lowest BCUT2D eigenvalue weighted by atomic mass is 10.1. The van der Waals surface area contributed by atoms with Crippen LogP contribution in [0.4, 0.5) is 20.5 Å². The summed E-state index contributed by atoms with van der Waals surface area (Å²) in [6, 6.07) is 0. The number of nitrogen functional groups attached to an aromatic ring is 2. The maximum Gasteiger partial charge on any atom is 0.386 e. The molecule has 3 aliphatic rings. The molecule has 45 heavy (non-hydrogen) atoms. The highest BCUT2D eigenvalue weighted by Gasteiger charge is 2.54. The van der Waals surface area contributed by atoms with E-state index in [4.69, 9.17) is 39.0 Å². The van der Waals surface area contributed by atoms with E-state index in [0.717, 1.165) is 17.2 Å². The van der Waals surface area contributed by atoms with E-state index in [1.807, 2.05) is 0 Å². The highest BCUT2D eigenvalue weighted by atomic mass is 32.7. The molecule has 3 aliphatic heterocycles. The molecule has 7 heterocycles. The van der Waals surface area contributed by atoms with Gasteiger partial charge in [-0.2, -0.15) is 4.98 Å². The van der Waals surface area contributed by atoms with Gasteiger partial charge in [0.15, 0.2) is 47.4 Å². The zero-order chi connectivity index (χ0) is 31.8. The standard InChI is InChI=1S/C20H22F2N10O9P2S2/c21-8-12-6(38-18(8)31-4-27-10-14(23)25-3-26-15(10)31)1-36-43(35,45)41-13-7(2-37-42(34,44)40-12)39-19(9(13)22)32-5-28-11-16(32)29-20(24)30-17(11)33/h3-9,12-13,18-19H,1-2H2,(H,34,44)(H,35,45)(H2,23,25,26)(H3,24,29,30,33)/t6-,7?,8-,9-,12-,13-,18-,19-,42-,43-/m1/s1. The van der Waals surface area contributed by atoms with E-state index in [1.165, 1.54) is 10.9 Å². The van der Waals surface area contributed by atoms with Crippen molar-refractivity contribution in [1.29, 1.82) is 0 Å². The largest absolute Gasteiger partial charge is 0.386 e. The fourth-order valence-corrected chi connectivity index (χ4v) is 8.21. The molecule has 5 N–H and O–H groups in total. The van der Waals surface area contributed by atoms with Crippen LogP contribution in [0.15, 0.2) is 23.8 Å². The predicted octanol–water partition coefficient (Wildman–Crippen LogP) is 1.49. The second-order valence-corrected chi connectivity index (χ2v) is 15.8. The normalized spacial score (nSPS) is 37.7. The van der Waals surface area contributed by atoms with E-state index in [-0.39, 0.29) is 34.1 Å². The van der Waals surface area contributed by atoms with Crippen LogP contribution in [-0.2, 0) is 36.7 Å². The molecule has 0 radical (unpaired) electrons. The Morgan fingerprint density at radius 3 is 1.96 bits per heavy atom. The van der Waals surface area contributed by atoms with Crippen LogP contribution >= 0.6 is 38.1 Å². The van der Waals surface area contributed by atoms with E-state index in [1.54, 1.807) is 0 Å². The molecule has 0 amide bonds. The number of nitrogens with zero attached hydrogens (tertiary/aromatic N) is 7. The summed E-state index contributed by atoms with van der Waals surface area (Å²) in [7, 11) is 0. The first-order valence-corrected chi connectivity index (χ1v) is 18.3. The van der Waals surface area contributed by atoms with Crippen LogP contribution in [0.5, 0.6) is 0 Å². The SMILES string of the molecule is Nc1nc2c(ncn2[C@@H]2OC3CO[P@@](=O)(S)O[C@H]4[C@@H](F)[C@H](n5cnc6c(N)ncnc65)O[C@@H]4CO[P@@](=O)(S)O[C@H]3[C@H]2F)c(=O)[nH]1. The molecule has 0 saturated carbocycles. The van der Waals surface area contributed by atoms with Gasteiger partial charge in [0.2, 0.25) is 5.95 Å². The molecule has 0 bridgehead atoms.